The third-order valence-electron chi connectivity index (χ3n) is 4.13. The number of carbonyl (C=O) groups is 3. The van der Waals surface area contributed by atoms with E-state index < -0.39 is 29.6 Å². The number of halogens is 1. The van der Waals surface area contributed by atoms with E-state index in [2.05, 4.69) is 24.5 Å². The fourth-order valence-electron chi connectivity index (χ4n) is 2.40. The quantitative estimate of drug-likeness (QED) is 0.581. The number of anilines is 2. The largest absolute Gasteiger partial charge is 0.455 e. The van der Waals surface area contributed by atoms with Crippen LogP contribution in [-0.2, 0) is 19.1 Å². The van der Waals surface area contributed by atoms with Crippen LogP contribution in [0.1, 0.15) is 32.3 Å². The minimum Gasteiger partial charge on any atom is -0.455 e. The fourth-order valence-corrected chi connectivity index (χ4v) is 3.08. The van der Waals surface area contributed by atoms with Gasteiger partial charge in [-0.1, -0.05) is 26.0 Å². The second kappa shape index (κ2) is 11.3. The minimum absolute atomic E-state index is 0.0159. The highest BCUT2D eigenvalue weighted by Gasteiger charge is 2.18. The molecule has 0 heterocycles. The predicted octanol–water partition coefficient (Wildman–Crippen LogP) is 4.19. The molecule has 2 amide bonds. The lowest BCUT2D eigenvalue weighted by Gasteiger charge is -2.12. The minimum atomic E-state index is -0.623. The highest BCUT2D eigenvalue weighted by molar-refractivity contribution is 8.01. The average Bonchev–Trinajstić information content (AvgIpc) is 2.72. The van der Waals surface area contributed by atoms with Gasteiger partial charge in [-0.2, -0.15) is 0 Å². The first-order valence-electron chi connectivity index (χ1n) is 9.48. The van der Waals surface area contributed by atoms with Crippen molar-refractivity contribution in [1.82, 2.24) is 0 Å². The van der Waals surface area contributed by atoms with Gasteiger partial charge in [0.25, 0.3) is 5.91 Å². The Morgan fingerprint density at radius 2 is 1.43 bits per heavy atom. The molecule has 1 unspecified atom stereocenters. The van der Waals surface area contributed by atoms with Crippen molar-refractivity contribution >= 4 is 40.9 Å². The standard InChI is InChI=1S/C22H25FN2O4S/c1-14(2)16-4-8-18(9-5-16)24-20(26)12-29-22(28)15(3)30-13-21(27)25-19-10-6-17(23)7-11-19/h4-11,14-15H,12-13H2,1-3H3,(H,24,26)(H,25,27). The molecule has 8 heteroatoms. The van der Waals surface area contributed by atoms with Gasteiger partial charge in [-0.15, -0.1) is 11.8 Å². The predicted molar refractivity (Wildman–Crippen MR) is 117 cm³/mol. The molecule has 2 N–H and O–H groups in total. The monoisotopic (exact) mass is 432 g/mol. The highest BCUT2D eigenvalue weighted by Crippen LogP contribution is 2.17. The van der Waals surface area contributed by atoms with Crippen molar-refractivity contribution in [3.63, 3.8) is 0 Å². The number of rotatable bonds is 9. The maximum atomic E-state index is 12.9. The van der Waals surface area contributed by atoms with Crippen molar-refractivity contribution < 1.29 is 23.5 Å². The summed E-state index contributed by atoms with van der Waals surface area (Å²) in [7, 11) is 0. The van der Waals surface area contributed by atoms with Crippen molar-refractivity contribution in [2.24, 2.45) is 0 Å². The van der Waals surface area contributed by atoms with E-state index in [1.54, 1.807) is 19.1 Å². The van der Waals surface area contributed by atoms with Gasteiger partial charge in [-0.3, -0.25) is 14.4 Å². The smallest absolute Gasteiger partial charge is 0.319 e. The van der Waals surface area contributed by atoms with Crippen LogP contribution in [0.25, 0.3) is 0 Å². The van der Waals surface area contributed by atoms with Crippen LogP contribution in [0.15, 0.2) is 48.5 Å². The summed E-state index contributed by atoms with van der Waals surface area (Å²) >= 11 is 1.08. The van der Waals surface area contributed by atoms with Crippen molar-refractivity contribution in [2.75, 3.05) is 23.0 Å². The molecule has 0 fully saturated rings. The number of hydrogen-bond acceptors (Lipinski definition) is 5. The molecule has 0 saturated carbocycles. The Hall–Kier alpha value is -2.87. The Morgan fingerprint density at radius 1 is 0.900 bits per heavy atom. The highest BCUT2D eigenvalue weighted by atomic mass is 32.2. The van der Waals surface area contributed by atoms with Gasteiger partial charge in [0, 0.05) is 11.4 Å². The number of amides is 2. The lowest BCUT2D eigenvalue weighted by molar-refractivity contribution is -0.146. The second-order valence-electron chi connectivity index (χ2n) is 6.94. The Morgan fingerprint density at radius 3 is 2.00 bits per heavy atom. The van der Waals surface area contributed by atoms with Gasteiger partial charge in [0.15, 0.2) is 6.61 Å². The number of carbonyl (C=O) groups excluding carboxylic acids is 3. The van der Waals surface area contributed by atoms with Gasteiger partial charge in [0.1, 0.15) is 11.1 Å². The normalized spacial score (nSPS) is 11.6. The molecule has 6 nitrogen and oxygen atoms in total. The molecule has 2 aromatic rings. The van der Waals surface area contributed by atoms with Crippen LogP contribution in [0.3, 0.4) is 0 Å². The molecule has 0 aliphatic carbocycles. The van der Waals surface area contributed by atoms with Crippen molar-refractivity contribution in [3.05, 3.63) is 59.9 Å². The van der Waals surface area contributed by atoms with Crippen molar-refractivity contribution in [1.29, 1.82) is 0 Å². The first-order valence-corrected chi connectivity index (χ1v) is 10.5. The van der Waals surface area contributed by atoms with Crippen molar-refractivity contribution in [2.45, 2.75) is 31.9 Å². The zero-order chi connectivity index (χ0) is 22.1. The van der Waals surface area contributed by atoms with Gasteiger partial charge in [-0.25, -0.2) is 4.39 Å². The second-order valence-corrected chi connectivity index (χ2v) is 8.27. The summed E-state index contributed by atoms with van der Waals surface area (Å²) in [6.07, 6.45) is 0. The zero-order valence-electron chi connectivity index (χ0n) is 17.1. The topological polar surface area (TPSA) is 84.5 Å². The van der Waals surface area contributed by atoms with Gasteiger partial charge >= 0.3 is 5.97 Å². The Kier molecular flexibility index (Phi) is 8.86. The third kappa shape index (κ3) is 7.87. The van der Waals surface area contributed by atoms with Gasteiger partial charge in [0.05, 0.1) is 5.75 Å². The van der Waals surface area contributed by atoms with Crippen LogP contribution in [0.2, 0.25) is 0 Å². The van der Waals surface area contributed by atoms with E-state index in [9.17, 15) is 18.8 Å². The molecule has 0 aromatic heterocycles. The molecule has 0 aliphatic heterocycles. The Labute approximate surface area is 179 Å². The molecular weight excluding hydrogens is 407 g/mol. The molecule has 2 aromatic carbocycles. The number of esters is 1. The fraction of sp³-hybridized carbons (Fsp3) is 0.318. The molecule has 1 atom stereocenters. The molecule has 0 saturated heterocycles. The van der Waals surface area contributed by atoms with E-state index in [-0.39, 0.29) is 11.7 Å². The summed E-state index contributed by atoms with van der Waals surface area (Å²) in [6, 6.07) is 12.8. The molecule has 160 valence electrons. The van der Waals surface area contributed by atoms with Crippen LogP contribution in [0.5, 0.6) is 0 Å². The molecule has 0 aliphatic rings. The number of ether oxygens (including phenoxy) is 1. The first kappa shape index (κ1) is 23.4. The van der Waals surface area contributed by atoms with E-state index in [1.165, 1.54) is 24.3 Å². The Balaban J connectivity index is 1.69. The van der Waals surface area contributed by atoms with Crippen LogP contribution >= 0.6 is 11.8 Å². The number of benzene rings is 2. The van der Waals surface area contributed by atoms with E-state index in [0.29, 0.717) is 17.3 Å². The lowest BCUT2D eigenvalue weighted by atomic mass is 10.0. The van der Waals surface area contributed by atoms with Crippen LogP contribution in [0, 0.1) is 5.82 Å². The van der Waals surface area contributed by atoms with E-state index in [0.717, 1.165) is 17.3 Å². The maximum Gasteiger partial charge on any atom is 0.319 e. The molecule has 0 spiro atoms. The van der Waals surface area contributed by atoms with E-state index in [4.69, 9.17) is 4.74 Å². The summed E-state index contributed by atoms with van der Waals surface area (Å²) in [6.45, 7) is 5.36. The summed E-state index contributed by atoms with van der Waals surface area (Å²) in [5, 5.41) is 4.66. The van der Waals surface area contributed by atoms with Crippen LogP contribution in [-0.4, -0.2) is 35.4 Å². The molecule has 2 rings (SSSR count). The van der Waals surface area contributed by atoms with E-state index in [1.807, 2.05) is 12.1 Å². The molecular formula is C22H25FN2O4S. The number of hydrogen-bond donors (Lipinski definition) is 2. The molecule has 0 bridgehead atoms. The van der Waals surface area contributed by atoms with E-state index >= 15 is 0 Å². The van der Waals surface area contributed by atoms with Crippen LogP contribution in [0.4, 0.5) is 15.8 Å². The summed E-state index contributed by atoms with van der Waals surface area (Å²) in [5.74, 6) is -1.33. The van der Waals surface area contributed by atoms with Gasteiger partial charge in [0.2, 0.25) is 5.91 Å². The van der Waals surface area contributed by atoms with Crippen LogP contribution < -0.4 is 10.6 Å². The lowest BCUT2D eigenvalue weighted by Crippen LogP contribution is -2.26. The summed E-state index contributed by atoms with van der Waals surface area (Å²) < 4.78 is 17.9. The first-order chi connectivity index (χ1) is 14.2. The zero-order valence-corrected chi connectivity index (χ0v) is 17.9. The molecule has 30 heavy (non-hydrogen) atoms. The summed E-state index contributed by atoms with van der Waals surface area (Å²) in [4.78, 5) is 35.9. The van der Waals surface area contributed by atoms with Gasteiger partial charge in [-0.05, 0) is 54.8 Å². The SMILES string of the molecule is CC(SCC(=O)Nc1ccc(F)cc1)C(=O)OCC(=O)Nc1ccc(C(C)C)cc1. The third-order valence-corrected chi connectivity index (χ3v) is 5.25. The summed E-state index contributed by atoms with van der Waals surface area (Å²) in [5.41, 5.74) is 2.25. The Bertz CT molecular complexity index is 870. The molecule has 0 radical (unpaired) electrons. The van der Waals surface area contributed by atoms with Crippen molar-refractivity contribution in [3.8, 4) is 0 Å². The number of thioether (sulfide) groups is 1. The number of nitrogens with one attached hydrogen (secondary N) is 2. The van der Waals surface area contributed by atoms with Gasteiger partial charge < -0.3 is 15.4 Å². The maximum absolute atomic E-state index is 12.9. The average molecular weight is 433 g/mol.